The van der Waals surface area contributed by atoms with Gasteiger partial charge in [-0.25, -0.2) is 4.79 Å². The predicted octanol–water partition coefficient (Wildman–Crippen LogP) is 6.15. The van der Waals surface area contributed by atoms with E-state index in [1.54, 1.807) is 0 Å². The highest BCUT2D eigenvalue weighted by Crippen LogP contribution is 2.16. The van der Waals surface area contributed by atoms with E-state index in [0.717, 1.165) is 25.8 Å². The molecule has 1 fully saturated rings. The molecule has 3 N–H and O–H groups in total. The minimum absolute atomic E-state index is 0.0889. The van der Waals surface area contributed by atoms with Crippen LogP contribution in [-0.2, 0) is 0 Å². The first-order chi connectivity index (χ1) is 14.6. The smallest absolute Gasteiger partial charge is 0.404 e. The minimum atomic E-state index is -0.974. The minimum Gasteiger partial charge on any atom is -0.632 e. The molecule has 0 spiro atoms. The van der Waals surface area contributed by atoms with E-state index in [1.807, 2.05) is 0 Å². The summed E-state index contributed by atoms with van der Waals surface area (Å²) < 4.78 is -0.226. The van der Waals surface area contributed by atoms with E-state index in [0.29, 0.717) is 26.2 Å². The number of amides is 1. The average Bonchev–Trinajstić information content (AvgIpc) is 3.15. The lowest BCUT2D eigenvalue weighted by molar-refractivity contribution is -0.869. The Morgan fingerprint density at radius 2 is 1.40 bits per heavy atom. The third-order valence-electron chi connectivity index (χ3n) is 6.46. The Balaban J connectivity index is 1.93. The largest absolute Gasteiger partial charge is 0.632 e. The van der Waals surface area contributed by atoms with Gasteiger partial charge in [-0.3, -0.25) is 5.32 Å². The van der Waals surface area contributed by atoms with Crippen molar-refractivity contribution in [2.75, 3.05) is 26.3 Å². The van der Waals surface area contributed by atoms with Crippen LogP contribution in [0.4, 0.5) is 4.79 Å². The fourth-order valence-corrected chi connectivity index (χ4v) is 4.45. The van der Waals surface area contributed by atoms with Crippen molar-refractivity contribution in [3.63, 3.8) is 0 Å². The zero-order chi connectivity index (χ0) is 21.9. The molecular weight excluding hydrogens is 378 g/mol. The van der Waals surface area contributed by atoms with E-state index in [-0.39, 0.29) is 10.7 Å². The van der Waals surface area contributed by atoms with Gasteiger partial charge >= 0.3 is 6.09 Å². The average molecular weight is 428 g/mol. The van der Waals surface area contributed by atoms with Crippen LogP contribution in [-0.4, -0.2) is 48.2 Å². The molecule has 2 unspecified atom stereocenters. The molecule has 30 heavy (non-hydrogen) atoms. The third-order valence-corrected chi connectivity index (χ3v) is 6.46. The highest BCUT2D eigenvalue weighted by Gasteiger charge is 2.24. The van der Waals surface area contributed by atoms with Crippen LogP contribution < -0.4 is 10.6 Å². The maximum absolute atomic E-state index is 12.4. The maximum Gasteiger partial charge on any atom is 0.404 e. The third kappa shape index (κ3) is 15.0. The molecule has 0 aromatic carbocycles. The molecular formula is C24H49N3O3. The Labute approximate surface area is 185 Å². The van der Waals surface area contributed by atoms with E-state index < -0.39 is 6.09 Å². The van der Waals surface area contributed by atoms with Crippen molar-refractivity contribution >= 4 is 6.09 Å². The Morgan fingerprint density at radius 1 is 0.900 bits per heavy atom. The number of unbranched alkanes of at least 4 members (excludes halogenated alkanes) is 14. The summed E-state index contributed by atoms with van der Waals surface area (Å²) in [6.45, 7) is 4.58. The van der Waals surface area contributed by atoms with Crippen LogP contribution >= 0.6 is 0 Å². The lowest BCUT2D eigenvalue weighted by Gasteiger charge is -2.38. The Hall–Kier alpha value is -0.850. The monoisotopic (exact) mass is 427 g/mol. The van der Waals surface area contributed by atoms with Crippen LogP contribution in [0.3, 0.4) is 0 Å². The Morgan fingerprint density at radius 3 is 1.83 bits per heavy atom. The molecule has 1 saturated heterocycles. The SMILES string of the molecule is CCCCCCCCCCCCCCCCCC(CC[N+]1([O-])CCNC1)NC(=O)O. The molecule has 2 atom stereocenters. The number of nitrogens with zero attached hydrogens (tertiary/aromatic N) is 1. The zero-order valence-electron chi connectivity index (χ0n) is 19.6. The topological polar surface area (TPSA) is 84.4 Å². The molecule has 178 valence electrons. The standard InChI is InChI=1S/C24H49N3O3/c1-2-3-4-5-6-7-8-9-10-11-12-13-14-15-16-17-23(26-24(28)29)18-20-27(30)21-19-25-22-27/h23,25-26H,2-22H2,1H3,(H,28,29). The fourth-order valence-electron chi connectivity index (χ4n) is 4.45. The van der Waals surface area contributed by atoms with Gasteiger partial charge in [0.05, 0.1) is 19.6 Å². The van der Waals surface area contributed by atoms with Gasteiger partial charge < -0.3 is 20.3 Å². The number of hydrogen-bond acceptors (Lipinski definition) is 3. The van der Waals surface area contributed by atoms with E-state index in [4.69, 9.17) is 5.11 Å². The van der Waals surface area contributed by atoms with Crippen LogP contribution in [0.15, 0.2) is 0 Å². The summed E-state index contributed by atoms with van der Waals surface area (Å²) in [4.78, 5) is 11.0. The molecule has 0 aliphatic carbocycles. The van der Waals surface area contributed by atoms with Gasteiger partial charge in [0.15, 0.2) is 0 Å². The van der Waals surface area contributed by atoms with Gasteiger partial charge in [-0.1, -0.05) is 103 Å². The molecule has 0 radical (unpaired) electrons. The van der Waals surface area contributed by atoms with Crippen molar-refractivity contribution in [3.8, 4) is 0 Å². The first-order valence-corrected chi connectivity index (χ1v) is 12.8. The van der Waals surface area contributed by atoms with Gasteiger partial charge in [0.25, 0.3) is 0 Å². The summed E-state index contributed by atoms with van der Waals surface area (Å²) in [5.74, 6) is 0. The van der Waals surface area contributed by atoms with Crippen molar-refractivity contribution in [3.05, 3.63) is 5.21 Å². The van der Waals surface area contributed by atoms with Crippen LogP contribution in [0, 0.1) is 5.21 Å². The van der Waals surface area contributed by atoms with Gasteiger partial charge in [0.1, 0.15) is 6.67 Å². The summed E-state index contributed by atoms with van der Waals surface area (Å²) >= 11 is 0. The summed E-state index contributed by atoms with van der Waals surface area (Å²) in [6.07, 6.45) is 20.5. The van der Waals surface area contributed by atoms with E-state index >= 15 is 0 Å². The van der Waals surface area contributed by atoms with Crippen LogP contribution in [0.5, 0.6) is 0 Å². The molecule has 1 amide bonds. The number of carboxylic acid groups (broad SMARTS) is 1. The maximum atomic E-state index is 12.4. The summed E-state index contributed by atoms with van der Waals surface area (Å²) in [6, 6.07) is -0.0889. The first kappa shape index (κ1) is 27.2. The van der Waals surface area contributed by atoms with E-state index in [1.165, 1.54) is 83.5 Å². The summed E-state index contributed by atoms with van der Waals surface area (Å²) in [7, 11) is 0. The second-order valence-electron chi connectivity index (χ2n) is 9.34. The van der Waals surface area contributed by atoms with Crippen molar-refractivity contribution < 1.29 is 14.5 Å². The lowest BCUT2D eigenvalue weighted by Crippen LogP contribution is -2.45. The van der Waals surface area contributed by atoms with Crippen LogP contribution in [0.2, 0.25) is 0 Å². The predicted molar refractivity (Wildman–Crippen MR) is 125 cm³/mol. The molecule has 0 saturated carbocycles. The van der Waals surface area contributed by atoms with Gasteiger partial charge in [-0.2, -0.15) is 0 Å². The fraction of sp³-hybridized carbons (Fsp3) is 0.958. The molecule has 0 aromatic heterocycles. The highest BCUT2D eigenvalue weighted by atomic mass is 16.5. The summed E-state index contributed by atoms with van der Waals surface area (Å²) in [5.41, 5.74) is 0. The number of rotatable bonds is 20. The molecule has 1 heterocycles. The molecule has 6 nitrogen and oxygen atoms in total. The van der Waals surface area contributed by atoms with Crippen molar-refractivity contribution in [2.24, 2.45) is 0 Å². The Kier molecular flexibility index (Phi) is 16.1. The van der Waals surface area contributed by atoms with Crippen molar-refractivity contribution in [2.45, 2.75) is 122 Å². The number of carbonyl (C=O) groups is 1. The second-order valence-corrected chi connectivity index (χ2v) is 9.34. The molecule has 1 aliphatic rings. The second kappa shape index (κ2) is 17.8. The van der Waals surface area contributed by atoms with E-state index in [2.05, 4.69) is 17.6 Å². The number of quaternary nitrogens is 1. The molecule has 6 heteroatoms. The first-order valence-electron chi connectivity index (χ1n) is 12.8. The van der Waals surface area contributed by atoms with Gasteiger partial charge in [-0.15, -0.1) is 0 Å². The Bertz CT molecular complexity index is 415. The molecule has 1 aliphatic heterocycles. The zero-order valence-corrected chi connectivity index (χ0v) is 19.6. The summed E-state index contributed by atoms with van der Waals surface area (Å²) in [5, 5.41) is 27.2. The van der Waals surface area contributed by atoms with E-state index in [9.17, 15) is 10.0 Å². The molecule has 0 bridgehead atoms. The van der Waals surface area contributed by atoms with Crippen LogP contribution in [0.1, 0.15) is 116 Å². The van der Waals surface area contributed by atoms with Crippen LogP contribution in [0.25, 0.3) is 0 Å². The quantitative estimate of drug-likeness (QED) is 0.124. The van der Waals surface area contributed by atoms with Gasteiger partial charge in [-0.05, 0) is 6.42 Å². The van der Waals surface area contributed by atoms with Crippen molar-refractivity contribution in [1.29, 1.82) is 0 Å². The van der Waals surface area contributed by atoms with Gasteiger partial charge in [0.2, 0.25) is 0 Å². The normalized spacial score (nSPS) is 19.8. The number of hydrogen-bond donors (Lipinski definition) is 3. The number of nitrogens with one attached hydrogen (secondary N) is 2. The molecule has 1 rings (SSSR count). The highest BCUT2D eigenvalue weighted by molar-refractivity contribution is 5.64. The van der Waals surface area contributed by atoms with Gasteiger partial charge in [0, 0.05) is 12.5 Å². The van der Waals surface area contributed by atoms with Crippen molar-refractivity contribution in [1.82, 2.24) is 10.6 Å². The number of hydroxylamine groups is 3. The molecule has 0 aromatic rings. The lowest BCUT2D eigenvalue weighted by atomic mass is 10.0.